The van der Waals surface area contributed by atoms with Crippen molar-refractivity contribution in [2.45, 2.75) is 19.3 Å². The number of nitrogens with zero attached hydrogens (tertiary/aromatic N) is 1. The number of hydrogen-bond donors (Lipinski definition) is 2. The topological polar surface area (TPSA) is 57.8 Å². The van der Waals surface area contributed by atoms with E-state index in [0.29, 0.717) is 20.7 Å². The van der Waals surface area contributed by atoms with Crippen LogP contribution in [0.3, 0.4) is 0 Å². The molecule has 2 N–H and O–H groups in total. The van der Waals surface area contributed by atoms with E-state index >= 15 is 0 Å². The molecule has 1 fully saturated rings. The van der Waals surface area contributed by atoms with E-state index in [1.54, 1.807) is 0 Å². The smallest absolute Gasteiger partial charge is 0.266 e. The molecule has 1 heterocycles. The molecule has 0 atom stereocenters. The molecule has 0 radical (unpaired) electrons. The maximum absolute atomic E-state index is 11.3. The predicted molar refractivity (Wildman–Crippen MR) is 73.1 cm³/mol. The van der Waals surface area contributed by atoms with Gasteiger partial charge in [0.15, 0.2) is 0 Å². The molecule has 0 aromatic carbocycles. The molecule has 0 aliphatic heterocycles. The van der Waals surface area contributed by atoms with Gasteiger partial charge in [-0.05, 0) is 47.3 Å². The number of rotatable bonds is 5. The average molecular weight is 354 g/mol. The van der Waals surface area contributed by atoms with Gasteiger partial charge in [0.1, 0.15) is 9.39 Å². The number of aromatic nitrogens is 2. The highest BCUT2D eigenvalue weighted by Crippen LogP contribution is 2.48. The molecule has 1 aromatic rings. The Balaban J connectivity index is 2.00. The zero-order valence-corrected chi connectivity index (χ0v) is 11.6. The summed E-state index contributed by atoms with van der Waals surface area (Å²) in [6, 6.07) is 0. The number of H-pyrrole nitrogens is 1. The van der Waals surface area contributed by atoms with Crippen molar-refractivity contribution in [1.29, 1.82) is 0 Å². The number of nitrogens with one attached hydrogen (secondary N) is 2. The van der Waals surface area contributed by atoms with Crippen LogP contribution in [-0.4, -0.2) is 22.4 Å². The van der Waals surface area contributed by atoms with Crippen LogP contribution < -0.4 is 10.9 Å². The number of aromatic amines is 1. The minimum absolute atomic E-state index is 0.0970. The summed E-state index contributed by atoms with van der Waals surface area (Å²) in [5.41, 5.74) is 0.245. The Morgan fingerprint density at radius 3 is 3.00 bits per heavy atom. The van der Waals surface area contributed by atoms with Crippen LogP contribution in [0.2, 0.25) is 0 Å². The van der Waals surface area contributed by atoms with Crippen LogP contribution in [0.5, 0.6) is 0 Å². The summed E-state index contributed by atoms with van der Waals surface area (Å²) >= 11 is 7.77. The van der Waals surface area contributed by atoms with Crippen LogP contribution >= 0.6 is 34.2 Å². The summed E-state index contributed by atoms with van der Waals surface area (Å²) in [7, 11) is 0. The van der Waals surface area contributed by atoms with E-state index < -0.39 is 0 Å². The Labute approximate surface area is 112 Å². The van der Waals surface area contributed by atoms with Crippen LogP contribution in [0.4, 0.5) is 5.82 Å². The van der Waals surface area contributed by atoms with Crippen LogP contribution in [0, 0.1) is 8.99 Å². The van der Waals surface area contributed by atoms with E-state index in [1.165, 1.54) is 19.2 Å². The van der Waals surface area contributed by atoms with Crippen molar-refractivity contribution in [2.75, 3.05) is 17.7 Å². The van der Waals surface area contributed by atoms with E-state index in [1.807, 2.05) is 22.6 Å². The molecule has 6 heteroatoms. The third-order valence-corrected chi connectivity index (χ3v) is 4.20. The lowest BCUT2D eigenvalue weighted by Crippen LogP contribution is -2.20. The molecule has 4 nitrogen and oxygen atoms in total. The Bertz CT molecular complexity index is 430. The van der Waals surface area contributed by atoms with Gasteiger partial charge in [-0.25, -0.2) is 4.98 Å². The van der Waals surface area contributed by atoms with E-state index in [9.17, 15) is 4.79 Å². The van der Waals surface area contributed by atoms with Crippen molar-refractivity contribution in [3.8, 4) is 0 Å². The number of halogens is 2. The van der Waals surface area contributed by atoms with Crippen LogP contribution in [0.1, 0.15) is 19.3 Å². The third-order valence-electron chi connectivity index (χ3n) is 3.01. The Morgan fingerprint density at radius 2 is 2.38 bits per heavy atom. The first-order chi connectivity index (χ1) is 7.67. The first kappa shape index (κ1) is 12.2. The van der Waals surface area contributed by atoms with Gasteiger partial charge in [-0.15, -0.1) is 11.6 Å². The van der Waals surface area contributed by atoms with Crippen LogP contribution in [-0.2, 0) is 0 Å². The molecule has 2 rings (SSSR count). The highest BCUT2D eigenvalue weighted by Gasteiger charge is 2.41. The summed E-state index contributed by atoms with van der Waals surface area (Å²) in [4.78, 5) is 18.0. The summed E-state index contributed by atoms with van der Waals surface area (Å²) in [5, 5.41) is 3.24. The lowest BCUT2D eigenvalue weighted by molar-refractivity contribution is 0.523. The molecule has 0 spiro atoms. The first-order valence-electron chi connectivity index (χ1n) is 5.20. The molecule has 88 valence electrons. The quantitative estimate of drug-likeness (QED) is 0.630. The zero-order valence-electron chi connectivity index (χ0n) is 8.72. The minimum atomic E-state index is -0.0970. The van der Waals surface area contributed by atoms with Gasteiger partial charge in [0.2, 0.25) is 0 Å². The van der Waals surface area contributed by atoms with Crippen LogP contribution in [0.25, 0.3) is 0 Å². The molecule has 0 amide bonds. The molecule has 0 unspecified atom stereocenters. The van der Waals surface area contributed by atoms with Crippen LogP contribution in [0.15, 0.2) is 11.1 Å². The molecular formula is C10H13ClIN3O. The van der Waals surface area contributed by atoms with Crippen molar-refractivity contribution >= 4 is 40.0 Å². The van der Waals surface area contributed by atoms with Gasteiger partial charge < -0.3 is 10.3 Å². The fourth-order valence-corrected chi connectivity index (χ4v) is 2.56. The molecule has 1 aliphatic rings. The maximum atomic E-state index is 11.3. The van der Waals surface area contributed by atoms with Crippen molar-refractivity contribution < 1.29 is 0 Å². The van der Waals surface area contributed by atoms with E-state index in [4.69, 9.17) is 11.6 Å². The normalized spacial score (nSPS) is 17.1. The average Bonchev–Trinajstić information content (AvgIpc) is 3.02. The van der Waals surface area contributed by atoms with E-state index in [2.05, 4.69) is 15.3 Å². The lowest BCUT2D eigenvalue weighted by atomic mass is 10.0. The summed E-state index contributed by atoms with van der Waals surface area (Å²) in [6.07, 6.45) is 4.88. The second-order valence-corrected chi connectivity index (χ2v) is 5.64. The second kappa shape index (κ2) is 4.91. The van der Waals surface area contributed by atoms with Crippen molar-refractivity contribution in [3.05, 3.63) is 20.3 Å². The molecule has 16 heavy (non-hydrogen) atoms. The highest BCUT2D eigenvalue weighted by atomic mass is 127. The summed E-state index contributed by atoms with van der Waals surface area (Å²) in [6.45, 7) is 0.853. The van der Waals surface area contributed by atoms with E-state index in [0.717, 1.165) is 13.0 Å². The maximum Gasteiger partial charge on any atom is 0.266 e. The monoisotopic (exact) mass is 353 g/mol. The molecule has 0 saturated heterocycles. The van der Waals surface area contributed by atoms with E-state index in [-0.39, 0.29) is 5.56 Å². The van der Waals surface area contributed by atoms with Gasteiger partial charge in [0.25, 0.3) is 5.56 Å². The first-order valence-corrected chi connectivity index (χ1v) is 6.81. The Hall–Kier alpha value is -0.300. The number of alkyl halides is 1. The van der Waals surface area contributed by atoms with Crippen molar-refractivity contribution in [2.24, 2.45) is 5.41 Å². The Morgan fingerprint density at radius 1 is 1.62 bits per heavy atom. The molecular weight excluding hydrogens is 340 g/mol. The molecule has 1 saturated carbocycles. The van der Waals surface area contributed by atoms with Crippen molar-refractivity contribution in [1.82, 2.24) is 9.97 Å². The van der Waals surface area contributed by atoms with Gasteiger partial charge in [0.05, 0.1) is 6.33 Å². The van der Waals surface area contributed by atoms with Gasteiger partial charge in [-0.3, -0.25) is 4.79 Å². The zero-order chi connectivity index (χ0) is 11.6. The summed E-state index contributed by atoms with van der Waals surface area (Å²) in [5.74, 6) is 1.37. The van der Waals surface area contributed by atoms with Gasteiger partial charge in [-0.1, -0.05) is 0 Å². The molecule has 1 aromatic heterocycles. The van der Waals surface area contributed by atoms with Crippen molar-refractivity contribution in [3.63, 3.8) is 0 Å². The minimum Gasteiger partial charge on any atom is -0.368 e. The molecule has 0 bridgehead atoms. The fraction of sp³-hybridized carbons (Fsp3) is 0.600. The molecule has 1 aliphatic carbocycles. The van der Waals surface area contributed by atoms with Gasteiger partial charge >= 0.3 is 0 Å². The standard InChI is InChI=1S/C10H13ClIN3O/c11-4-3-10(1-2-10)5-13-8-7(12)9(16)15-6-14-8/h6H,1-5H2,(H2,13,14,15,16). The largest absolute Gasteiger partial charge is 0.368 e. The van der Waals surface area contributed by atoms with Gasteiger partial charge in [-0.2, -0.15) is 0 Å². The predicted octanol–water partition coefficient (Wildman–Crippen LogP) is 2.20. The summed E-state index contributed by atoms with van der Waals surface area (Å²) < 4.78 is 0.613. The fourth-order valence-electron chi connectivity index (χ4n) is 1.67. The number of anilines is 1. The third kappa shape index (κ3) is 2.68. The second-order valence-electron chi connectivity index (χ2n) is 4.19. The number of hydrogen-bond acceptors (Lipinski definition) is 3. The van der Waals surface area contributed by atoms with Gasteiger partial charge in [0, 0.05) is 12.4 Å². The Kier molecular flexibility index (Phi) is 3.73. The highest BCUT2D eigenvalue weighted by molar-refractivity contribution is 14.1. The SMILES string of the molecule is O=c1[nH]cnc(NCC2(CCCl)CC2)c1I. The lowest BCUT2D eigenvalue weighted by Gasteiger charge is -2.15.